The van der Waals surface area contributed by atoms with Crippen molar-refractivity contribution in [3.05, 3.63) is 166 Å². The Hall–Kier alpha value is -5.52. The van der Waals surface area contributed by atoms with Crippen LogP contribution in [0.25, 0.3) is 5.69 Å². The Morgan fingerprint density at radius 1 is 0.900 bits per heavy atom. The van der Waals surface area contributed by atoms with Crippen LogP contribution in [0, 0.1) is 17.0 Å². The third-order valence-electron chi connectivity index (χ3n) is 8.91. The number of nitro benzene ring substituents is 1. The molecule has 1 aromatic heterocycles. The minimum Gasteiger partial charge on any atom is -0.497 e. The highest BCUT2D eigenvalue weighted by atomic mass is 32.2. The Morgan fingerprint density at radius 2 is 1.58 bits per heavy atom. The van der Waals surface area contributed by atoms with Crippen LogP contribution in [-0.2, 0) is 10.6 Å². The molecular weight excluding hydrogens is 667 g/mol. The monoisotopic (exact) mass is 697 g/mol. The summed E-state index contributed by atoms with van der Waals surface area (Å²) in [5.41, 5.74) is 4.48. The van der Waals surface area contributed by atoms with E-state index in [1.165, 1.54) is 12.1 Å². The van der Waals surface area contributed by atoms with Gasteiger partial charge in [0.2, 0.25) is 5.72 Å². The van der Waals surface area contributed by atoms with Crippen LogP contribution < -0.4 is 9.64 Å². The largest absolute Gasteiger partial charge is 0.497 e. The fraction of sp³-hybridized carbons (Fsp3) is 0.128. The van der Waals surface area contributed by atoms with Gasteiger partial charge in [-0.05, 0) is 79.7 Å². The molecule has 2 aliphatic rings. The van der Waals surface area contributed by atoms with Crippen molar-refractivity contribution in [1.82, 2.24) is 9.78 Å². The van der Waals surface area contributed by atoms with Crippen LogP contribution >= 0.6 is 23.5 Å². The summed E-state index contributed by atoms with van der Waals surface area (Å²) in [5.74, 6) is 1.30. The smallest absolute Gasteiger partial charge is 0.269 e. The number of fused-ring (bicyclic) bond motifs is 3. The highest BCUT2D eigenvalue weighted by Gasteiger charge is 2.53. The summed E-state index contributed by atoms with van der Waals surface area (Å²) in [5, 5.41) is 22.3. The number of hydrogen-bond acceptors (Lipinski definition) is 9. The van der Waals surface area contributed by atoms with Crippen LogP contribution in [0.1, 0.15) is 34.1 Å². The number of non-ortho nitro benzene ring substituents is 1. The Morgan fingerprint density at radius 3 is 2.28 bits per heavy atom. The second kappa shape index (κ2) is 13.1. The number of rotatable bonds is 8. The van der Waals surface area contributed by atoms with Crippen LogP contribution in [0.3, 0.4) is 0 Å². The summed E-state index contributed by atoms with van der Waals surface area (Å²) in [6.45, 7) is 2.08. The average molecular weight is 698 g/mol. The van der Waals surface area contributed by atoms with E-state index in [0.29, 0.717) is 17.8 Å². The van der Waals surface area contributed by atoms with Gasteiger partial charge in [-0.1, -0.05) is 65.4 Å². The maximum Gasteiger partial charge on any atom is 0.269 e. The molecule has 50 heavy (non-hydrogen) atoms. The Labute approximate surface area is 297 Å². The summed E-state index contributed by atoms with van der Waals surface area (Å²) in [7, 11) is 1.65. The van der Waals surface area contributed by atoms with Crippen LogP contribution in [0.4, 0.5) is 11.4 Å². The zero-order valence-electron chi connectivity index (χ0n) is 27.2. The normalized spacial score (nSPS) is 18.0. The fourth-order valence-electron chi connectivity index (χ4n) is 6.55. The van der Waals surface area contributed by atoms with Gasteiger partial charge in [0.05, 0.1) is 29.1 Å². The van der Waals surface area contributed by atoms with E-state index in [1.54, 1.807) is 42.8 Å². The molecule has 11 heteroatoms. The van der Waals surface area contributed by atoms with E-state index in [4.69, 9.17) is 19.8 Å². The summed E-state index contributed by atoms with van der Waals surface area (Å²) in [4.78, 5) is 22.1. The summed E-state index contributed by atoms with van der Waals surface area (Å²) >= 11 is 3.48. The van der Waals surface area contributed by atoms with Crippen molar-refractivity contribution < 1.29 is 14.5 Å². The zero-order valence-corrected chi connectivity index (χ0v) is 28.8. The van der Waals surface area contributed by atoms with Crippen molar-refractivity contribution in [1.29, 1.82) is 0 Å². The number of aryl methyl sites for hydroxylation is 1. The Kier molecular flexibility index (Phi) is 8.29. The highest BCUT2D eigenvalue weighted by molar-refractivity contribution is 8.00. The number of benzene rings is 5. The number of anilines is 1. The van der Waals surface area contributed by atoms with Gasteiger partial charge in [0.15, 0.2) is 5.84 Å². The molecule has 9 nitrogen and oxygen atoms in total. The number of aromatic nitrogens is 2. The van der Waals surface area contributed by atoms with E-state index in [1.807, 2.05) is 65.3 Å². The predicted octanol–water partition coefficient (Wildman–Crippen LogP) is 9.54. The average Bonchev–Trinajstić information content (AvgIpc) is 3.65. The van der Waals surface area contributed by atoms with Crippen molar-refractivity contribution in [3.63, 3.8) is 0 Å². The maximum atomic E-state index is 11.5. The molecule has 2 aliphatic heterocycles. The fourth-order valence-corrected chi connectivity index (χ4v) is 9.23. The van der Waals surface area contributed by atoms with E-state index < -0.39 is 10.6 Å². The first-order valence-electron chi connectivity index (χ1n) is 16.0. The standard InChI is InChI=1S/C39H31N5O4S2/c1-26-36(38(49-32-13-7-4-8-14-32)43(40-26)29-11-5-3-6-12-29)35-25-39(28-19-23-31(47-2)24-20-28)42(33-15-9-10-16-34(33)50-35)37(41-48-39)27-17-21-30(22-18-27)44(45)46/h3-24,35H,25H2,1-2H3. The number of oxime groups is 1. The van der Waals surface area contributed by atoms with Gasteiger partial charge in [0, 0.05) is 50.3 Å². The molecular formula is C39H31N5O4S2. The summed E-state index contributed by atoms with van der Waals surface area (Å²) in [6, 6.07) is 43.2. The molecule has 0 amide bonds. The molecule has 3 heterocycles. The lowest BCUT2D eigenvalue weighted by Crippen LogP contribution is -2.47. The number of methoxy groups -OCH3 is 1. The molecule has 0 fully saturated rings. The first-order valence-corrected chi connectivity index (χ1v) is 17.7. The summed E-state index contributed by atoms with van der Waals surface area (Å²) in [6.07, 6.45) is 0.502. The van der Waals surface area contributed by atoms with Crippen LogP contribution in [0.5, 0.6) is 5.75 Å². The lowest BCUT2D eigenvalue weighted by Gasteiger charge is -2.38. The Bertz CT molecular complexity index is 2210. The van der Waals surface area contributed by atoms with Crippen molar-refractivity contribution in [2.45, 2.75) is 39.1 Å². The molecule has 0 bridgehead atoms. The number of thioether (sulfide) groups is 1. The van der Waals surface area contributed by atoms with Gasteiger partial charge in [-0.3, -0.25) is 15.0 Å². The first-order chi connectivity index (χ1) is 24.4. The molecule has 0 radical (unpaired) electrons. The van der Waals surface area contributed by atoms with E-state index in [2.05, 4.69) is 60.4 Å². The number of ether oxygens (including phenoxy) is 1. The van der Waals surface area contributed by atoms with Crippen LogP contribution in [-0.4, -0.2) is 27.6 Å². The number of nitro groups is 1. The number of amidine groups is 1. The molecule has 248 valence electrons. The number of para-hydroxylation sites is 2. The van der Waals surface area contributed by atoms with Gasteiger partial charge in [0.1, 0.15) is 10.8 Å². The van der Waals surface area contributed by atoms with E-state index >= 15 is 0 Å². The van der Waals surface area contributed by atoms with Gasteiger partial charge in [-0.15, -0.1) is 11.8 Å². The second-order valence-corrected chi connectivity index (χ2v) is 14.2. The van der Waals surface area contributed by atoms with Gasteiger partial charge >= 0.3 is 0 Å². The molecule has 8 rings (SSSR count). The minimum absolute atomic E-state index is 0.0101. The van der Waals surface area contributed by atoms with Gasteiger partial charge < -0.3 is 9.57 Å². The zero-order chi connectivity index (χ0) is 34.2. The SMILES string of the molecule is COc1ccc(C23CC(c4c(C)nn(-c5ccccc5)c4Sc4ccccc4)Sc4ccccc4N2C(c2ccc([N+](=O)[O-])cc2)=NO3)cc1. The lowest BCUT2D eigenvalue weighted by atomic mass is 9.92. The molecule has 0 saturated heterocycles. The van der Waals surface area contributed by atoms with Gasteiger partial charge in [-0.2, -0.15) is 5.10 Å². The Balaban J connectivity index is 1.33. The third-order valence-corrected chi connectivity index (χ3v) is 11.3. The van der Waals surface area contributed by atoms with Crippen molar-refractivity contribution in [2.75, 3.05) is 12.0 Å². The molecule has 5 aromatic carbocycles. The van der Waals surface area contributed by atoms with Crippen molar-refractivity contribution >= 4 is 40.7 Å². The molecule has 0 spiro atoms. The van der Waals surface area contributed by atoms with Crippen molar-refractivity contribution in [2.24, 2.45) is 5.16 Å². The van der Waals surface area contributed by atoms with Gasteiger partial charge in [-0.25, -0.2) is 4.68 Å². The molecule has 0 saturated carbocycles. The predicted molar refractivity (Wildman–Crippen MR) is 196 cm³/mol. The minimum atomic E-state index is -1.08. The molecule has 0 aliphatic carbocycles. The third kappa shape index (κ3) is 5.58. The van der Waals surface area contributed by atoms with Crippen LogP contribution in [0.2, 0.25) is 0 Å². The summed E-state index contributed by atoms with van der Waals surface area (Å²) < 4.78 is 7.58. The molecule has 2 unspecified atom stereocenters. The van der Waals surface area contributed by atoms with Crippen molar-refractivity contribution in [3.8, 4) is 11.4 Å². The first kappa shape index (κ1) is 31.7. The van der Waals surface area contributed by atoms with Crippen LogP contribution in [0.15, 0.2) is 153 Å². The topological polar surface area (TPSA) is 95.0 Å². The quantitative estimate of drug-likeness (QED) is 0.115. The van der Waals surface area contributed by atoms with E-state index in [9.17, 15) is 10.1 Å². The van der Waals surface area contributed by atoms with E-state index in [-0.39, 0.29) is 10.9 Å². The number of nitrogens with zero attached hydrogens (tertiary/aromatic N) is 5. The molecule has 6 aromatic rings. The lowest BCUT2D eigenvalue weighted by molar-refractivity contribution is -0.384. The highest BCUT2D eigenvalue weighted by Crippen LogP contribution is 2.58. The molecule has 0 N–H and O–H groups in total. The maximum absolute atomic E-state index is 11.5. The molecule has 2 atom stereocenters. The van der Waals surface area contributed by atoms with E-state index in [0.717, 1.165) is 48.8 Å². The van der Waals surface area contributed by atoms with Gasteiger partial charge in [0.25, 0.3) is 5.69 Å². The second-order valence-electron chi connectivity index (χ2n) is 11.9. The number of hydrogen-bond donors (Lipinski definition) is 0.